The molecule has 0 radical (unpaired) electrons. The molecule has 5 aromatic carbocycles. The van der Waals surface area contributed by atoms with Gasteiger partial charge in [-0.3, -0.25) is 29.1 Å². The molecule has 0 bridgehead atoms. The van der Waals surface area contributed by atoms with Crippen LogP contribution in [0.4, 0.5) is 22.7 Å². The van der Waals surface area contributed by atoms with Crippen LogP contribution >= 0.6 is 21.6 Å². The molecule has 4 heterocycles. The predicted octanol–water partition coefficient (Wildman–Crippen LogP) is 10.8. The first kappa shape index (κ1) is 47.8. The molecule has 0 fully saturated rings. The Morgan fingerprint density at radius 3 is 2.19 bits per heavy atom. The van der Waals surface area contributed by atoms with E-state index in [0.29, 0.717) is 65.4 Å². The van der Waals surface area contributed by atoms with Crippen LogP contribution in [0.1, 0.15) is 106 Å². The zero-order valence-corrected chi connectivity index (χ0v) is 41.5. The summed E-state index contributed by atoms with van der Waals surface area (Å²) in [5.74, 6) is 2.34. The van der Waals surface area contributed by atoms with E-state index in [0.717, 1.165) is 77.0 Å². The first-order chi connectivity index (χ1) is 33.4. The summed E-state index contributed by atoms with van der Waals surface area (Å²) >= 11 is 0. The molecule has 0 spiro atoms. The van der Waals surface area contributed by atoms with E-state index >= 15 is 0 Å². The Labute approximate surface area is 412 Å². The van der Waals surface area contributed by atoms with Gasteiger partial charge in [-0.15, -0.1) is 0 Å². The van der Waals surface area contributed by atoms with Crippen molar-refractivity contribution in [1.29, 1.82) is 0 Å². The van der Waals surface area contributed by atoms with Crippen LogP contribution in [0.3, 0.4) is 0 Å². The third kappa shape index (κ3) is 10.7. The summed E-state index contributed by atoms with van der Waals surface area (Å²) in [5, 5.41) is 5.82. The molecule has 12 nitrogen and oxygen atoms in total. The summed E-state index contributed by atoms with van der Waals surface area (Å²) in [6, 6.07) is 29.4. The van der Waals surface area contributed by atoms with E-state index in [1.54, 1.807) is 41.8 Å². The van der Waals surface area contributed by atoms with E-state index in [1.165, 1.54) is 5.56 Å². The van der Waals surface area contributed by atoms with Gasteiger partial charge in [-0.25, -0.2) is 0 Å². The smallest absolute Gasteiger partial charge is 0.261 e. The van der Waals surface area contributed by atoms with Gasteiger partial charge in [0.25, 0.3) is 11.8 Å². The van der Waals surface area contributed by atoms with Crippen LogP contribution in [0.2, 0.25) is 0 Å². The topological polar surface area (TPSA) is 139 Å². The van der Waals surface area contributed by atoms with Gasteiger partial charge in [-0.05, 0) is 141 Å². The fourth-order valence-corrected chi connectivity index (χ4v) is 12.5. The molecule has 69 heavy (non-hydrogen) atoms. The second-order valence-electron chi connectivity index (χ2n) is 18.8. The summed E-state index contributed by atoms with van der Waals surface area (Å²) in [4.78, 5) is 61.8. The van der Waals surface area contributed by atoms with E-state index < -0.39 is 0 Å². The Hall–Kier alpha value is -6.25. The second kappa shape index (κ2) is 20.8. The third-order valence-electron chi connectivity index (χ3n) is 13.3. The molecule has 5 aromatic rings. The molecule has 14 heteroatoms. The zero-order chi connectivity index (χ0) is 48.2. The molecule has 0 aliphatic carbocycles. The van der Waals surface area contributed by atoms with E-state index in [2.05, 4.69) is 36.6 Å². The molecule has 0 unspecified atom stereocenters. The van der Waals surface area contributed by atoms with Crippen molar-refractivity contribution in [3.63, 3.8) is 0 Å². The van der Waals surface area contributed by atoms with Crippen molar-refractivity contribution in [2.75, 3.05) is 35.0 Å². The fraction of sp³-hybridized carbons (Fsp3) is 0.364. The average Bonchev–Trinajstić information content (AvgIpc) is 3.83. The summed E-state index contributed by atoms with van der Waals surface area (Å²) in [7, 11) is 6.81. The van der Waals surface area contributed by atoms with Gasteiger partial charge in [0.2, 0.25) is 11.8 Å². The number of hydrogen-bond donors (Lipinski definition) is 2. The number of aliphatic imine (C=N–C) groups is 1. The number of aryl methyl sites for hydroxylation is 2. The minimum absolute atomic E-state index is 0.0275. The predicted molar refractivity (Wildman–Crippen MR) is 277 cm³/mol. The number of nitrogens with zero attached hydrogens (tertiary/aromatic N) is 3. The number of nitrogens with one attached hydrogen (secondary N) is 2. The van der Waals surface area contributed by atoms with Crippen LogP contribution in [-0.4, -0.2) is 66.6 Å². The molecule has 4 aliphatic heterocycles. The average molecular weight is 966 g/mol. The van der Waals surface area contributed by atoms with Crippen LogP contribution in [0, 0.1) is 6.92 Å². The van der Waals surface area contributed by atoms with Crippen molar-refractivity contribution in [1.82, 2.24) is 5.32 Å². The Bertz CT molecular complexity index is 2830. The molecule has 0 aromatic heterocycles. The van der Waals surface area contributed by atoms with Crippen LogP contribution < -0.4 is 34.6 Å². The van der Waals surface area contributed by atoms with E-state index in [4.69, 9.17) is 19.2 Å². The SMILES string of the molecule is CNC(=O)CCCSSC(C)(C)CCCC(=O)Nc1cc(COc2cc3c(cc2C)C(=O)N2c4ccccc4C[C@H]2C=N3)cc(COc2cc3c(cc2OC)C(=O)N2c4ccccc4C[C@H]2CC3)c1. The lowest BCUT2D eigenvalue weighted by molar-refractivity contribution is -0.120. The zero-order valence-electron chi connectivity index (χ0n) is 39.9. The van der Waals surface area contributed by atoms with E-state index in [1.807, 2.05) is 95.7 Å². The van der Waals surface area contributed by atoms with Crippen molar-refractivity contribution in [2.45, 2.75) is 109 Å². The number of rotatable bonds is 18. The van der Waals surface area contributed by atoms with E-state index in [-0.39, 0.29) is 53.7 Å². The molecular weight excluding hydrogens is 907 g/mol. The maximum absolute atomic E-state index is 14.1. The second-order valence-corrected chi connectivity index (χ2v) is 21.9. The van der Waals surface area contributed by atoms with Gasteiger partial charge in [0, 0.05) is 77.8 Å². The standard InChI is InChI=1S/C55H59N5O7S2/c1-34-22-44-45(57-31-42-27-39-13-7-9-15-47(39)60(42)54(44)64)30-48(34)66-32-35-23-36(25-40(24-35)58-52(62)16-10-20-55(2,3)69-68-21-11-17-51(61)56-4)33-67-50-28-37-18-19-41-26-38-12-6-8-14-46(38)59(41)53(63)43(37)29-49(50)65-5/h6-9,12-15,22-25,28-31,41-42H,10-11,16-21,26-27,32-33H2,1-5H3,(H,56,61)(H,58,62)/t41-,42+/m1/s1. The maximum atomic E-state index is 14.1. The quantitative estimate of drug-likeness (QED) is 0.0649. The van der Waals surface area contributed by atoms with Crippen molar-refractivity contribution in [3.8, 4) is 17.2 Å². The fourth-order valence-electron chi connectivity index (χ4n) is 9.78. The number of amides is 4. The van der Waals surface area contributed by atoms with Gasteiger partial charge < -0.3 is 29.7 Å². The van der Waals surface area contributed by atoms with Crippen LogP contribution in [0.5, 0.6) is 17.2 Å². The number of carbonyl (C=O) groups is 4. The van der Waals surface area contributed by atoms with Crippen molar-refractivity contribution in [3.05, 3.63) is 136 Å². The molecule has 0 saturated heterocycles. The molecule has 0 saturated carbocycles. The van der Waals surface area contributed by atoms with Gasteiger partial charge in [-0.2, -0.15) is 0 Å². The summed E-state index contributed by atoms with van der Waals surface area (Å²) in [6.07, 6.45) is 8.22. The monoisotopic (exact) mass is 965 g/mol. The number of para-hydroxylation sites is 2. The molecule has 4 amide bonds. The highest BCUT2D eigenvalue weighted by atomic mass is 33.1. The highest BCUT2D eigenvalue weighted by Crippen LogP contribution is 2.43. The number of ether oxygens (including phenoxy) is 3. The van der Waals surface area contributed by atoms with Gasteiger partial charge in [0.15, 0.2) is 11.5 Å². The highest BCUT2D eigenvalue weighted by molar-refractivity contribution is 8.77. The number of methoxy groups -OCH3 is 1. The normalized spacial score (nSPS) is 16.6. The van der Waals surface area contributed by atoms with Crippen molar-refractivity contribution >= 4 is 74.2 Å². The minimum Gasteiger partial charge on any atom is -0.493 e. The van der Waals surface area contributed by atoms with Gasteiger partial charge in [-0.1, -0.05) is 58.0 Å². The van der Waals surface area contributed by atoms with E-state index in [9.17, 15) is 19.2 Å². The van der Waals surface area contributed by atoms with Gasteiger partial charge in [0.1, 0.15) is 19.0 Å². The maximum Gasteiger partial charge on any atom is 0.261 e. The van der Waals surface area contributed by atoms with Gasteiger partial charge in [0.05, 0.1) is 24.4 Å². The first-order valence-corrected chi connectivity index (χ1v) is 26.1. The summed E-state index contributed by atoms with van der Waals surface area (Å²) in [5.41, 5.74) is 9.89. The largest absolute Gasteiger partial charge is 0.493 e. The number of hydrogen-bond acceptors (Lipinski definition) is 10. The lowest BCUT2D eigenvalue weighted by Crippen LogP contribution is -2.37. The lowest BCUT2D eigenvalue weighted by Gasteiger charge is -2.23. The number of anilines is 3. The number of benzene rings is 5. The minimum atomic E-state index is -0.156. The third-order valence-corrected chi connectivity index (χ3v) is 16.7. The molecule has 4 aliphatic rings. The van der Waals surface area contributed by atoms with Crippen molar-refractivity contribution < 1.29 is 33.4 Å². The Balaban J connectivity index is 0.911. The molecule has 358 valence electrons. The number of fused-ring (bicyclic) bond motifs is 8. The number of carbonyl (C=O) groups excluding carboxylic acids is 4. The molecule has 2 N–H and O–H groups in total. The van der Waals surface area contributed by atoms with Gasteiger partial charge >= 0.3 is 0 Å². The summed E-state index contributed by atoms with van der Waals surface area (Å²) in [6.45, 7) is 6.64. The van der Waals surface area contributed by atoms with Crippen LogP contribution in [0.15, 0.2) is 96.0 Å². The lowest BCUT2D eigenvalue weighted by atomic mass is 9.99. The van der Waals surface area contributed by atoms with Crippen LogP contribution in [0.25, 0.3) is 0 Å². The molecule has 9 rings (SSSR count). The summed E-state index contributed by atoms with van der Waals surface area (Å²) < 4.78 is 18.8. The molecule has 2 atom stereocenters. The highest BCUT2D eigenvalue weighted by Gasteiger charge is 2.38. The Morgan fingerprint density at radius 1 is 0.768 bits per heavy atom. The Kier molecular flexibility index (Phi) is 14.4. The molecular formula is C55H59N5O7S2. The first-order valence-electron chi connectivity index (χ1n) is 23.8. The Morgan fingerprint density at radius 2 is 1.45 bits per heavy atom. The van der Waals surface area contributed by atoms with Crippen molar-refractivity contribution in [2.24, 2.45) is 4.99 Å². The van der Waals surface area contributed by atoms with Crippen LogP contribution in [-0.2, 0) is 42.1 Å².